The number of amides is 1. The lowest BCUT2D eigenvalue weighted by atomic mass is 9.96. The quantitative estimate of drug-likeness (QED) is 0.751. The molecule has 0 bridgehead atoms. The number of imidazole rings is 1. The monoisotopic (exact) mass is 342 g/mol. The molecule has 2 N–H and O–H groups in total. The molecule has 0 aliphatic heterocycles. The molecular formula is C17H18N4O2S. The van der Waals surface area contributed by atoms with Gasteiger partial charge in [0.15, 0.2) is 0 Å². The number of thiazole rings is 1. The van der Waals surface area contributed by atoms with E-state index in [1.54, 1.807) is 29.5 Å². The molecular weight excluding hydrogens is 324 g/mol. The van der Waals surface area contributed by atoms with Gasteiger partial charge in [0.2, 0.25) is 0 Å². The largest absolute Gasteiger partial charge is 0.334 e. The van der Waals surface area contributed by atoms with Gasteiger partial charge >= 0.3 is 5.69 Å². The van der Waals surface area contributed by atoms with Gasteiger partial charge in [-0.15, -0.1) is 11.3 Å². The summed E-state index contributed by atoms with van der Waals surface area (Å²) in [6.07, 6.45) is 3.00. The number of aryl methyl sites for hydroxylation is 2. The summed E-state index contributed by atoms with van der Waals surface area (Å²) >= 11 is 1.69. The number of aromatic nitrogens is 3. The Morgan fingerprint density at radius 2 is 2.12 bits per heavy atom. The first-order valence-corrected chi connectivity index (χ1v) is 8.80. The van der Waals surface area contributed by atoms with Gasteiger partial charge in [0, 0.05) is 12.6 Å². The summed E-state index contributed by atoms with van der Waals surface area (Å²) in [5.74, 6) is -0.0390. The van der Waals surface area contributed by atoms with Gasteiger partial charge in [0.05, 0.1) is 32.7 Å². The van der Waals surface area contributed by atoms with Crippen LogP contribution >= 0.6 is 11.3 Å². The van der Waals surface area contributed by atoms with Crippen LogP contribution in [0.15, 0.2) is 23.0 Å². The smallest absolute Gasteiger partial charge is 0.323 e. The van der Waals surface area contributed by atoms with E-state index >= 15 is 0 Å². The highest BCUT2D eigenvalue weighted by atomic mass is 32.1. The highest BCUT2D eigenvalue weighted by Gasteiger charge is 2.30. The minimum absolute atomic E-state index is 0.0390. The van der Waals surface area contributed by atoms with Crippen LogP contribution < -0.4 is 5.69 Å². The third-order valence-electron chi connectivity index (χ3n) is 4.58. The molecule has 1 unspecified atom stereocenters. The van der Waals surface area contributed by atoms with Crippen LogP contribution in [0.25, 0.3) is 11.0 Å². The Hall–Kier alpha value is -2.41. The molecule has 7 heteroatoms. The van der Waals surface area contributed by atoms with Crippen LogP contribution in [-0.2, 0) is 6.42 Å². The van der Waals surface area contributed by atoms with E-state index in [0.717, 1.165) is 30.0 Å². The first-order valence-electron chi connectivity index (χ1n) is 7.98. The van der Waals surface area contributed by atoms with E-state index in [1.807, 2.05) is 18.9 Å². The Kier molecular flexibility index (Phi) is 3.53. The highest BCUT2D eigenvalue weighted by Crippen LogP contribution is 2.37. The summed E-state index contributed by atoms with van der Waals surface area (Å²) in [5.41, 5.74) is 2.81. The Morgan fingerprint density at radius 1 is 1.33 bits per heavy atom. The summed E-state index contributed by atoms with van der Waals surface area (Å²) in [4.78, 5) is 37.3. The lowest BCUT2D eigenvalue weighted by molar-refractivity contribution is 0.0718. The van der Waals surface area contributed by atoms with Gasteiger partial charge in [-0.2, -0.15) is 0 Å². The van der Waals surface area contributed by atoms with Gasteiger partial charge < -0.3 is 14.9 Å². The molecule has 1 aliphatic rings. The van der Waals surface area contributed by atoms with Gasteiger partial charge in [-0.1, -0.05) is 0 Å². The summed E-state index contributed by atoms with van der Waals surface area (Å²) in [6.45, 7) is 2.01. The van der Waals surface area contributed by atoms with Crippen molar-refractivity contribution in [2.24, 2.45) is 0 Å². The minimum atomic E-state index is -0.264. The lowest BCUT2D eigenvalue weighted by Gasteiger charge is -2.30. The molecule has 1 amide bonds. The van der Waals surface area contributed by atoms with Crippen molar-refractivity contribution in [1.29, 1.82) is 0 Å². The van der Waals surface area contributed by atoms with E-state index < -0.39 is 0 Å². The average molecular weight is 342 g/mol. The molecule has 0 fully saturated rings. The molecule has 24 heavy (non-hydrogen) atoms. The van der Waals surface area contributed by atoms with Crippen molar-refractivity contribution < 1.29 is 4.79 Å². The summed E-state index contributed by atoms with van der Waals surface area (Å²) in [5, 5.41) is 1.05. The molecule has 0 spiro atoms. The van der Waals surface area contributed by atoms with Crippen LogP contribution in [0.5, 0.6) is 0 Å². The van der Waals surface area contributed by atoms with Crippen molar-refractivity contribution in [3.63, 3.8) is 0 Å². The van der Waals surface area contributed by atoms with Crippen molar-refractivity contribution in [1.82, 2.24) is 19.9 Å². The molecule has 124 valence electrons. The Morgan fingerprint density at radius 3 is 2.96 bits per heavy atom. The summed E-state index contributed by atoms with van der Waals surface area (Å²) in [7, 11) is 1.85. The first kappa shape index (κ1) is 15.1. The third-order valence-corrected chi connectivity index (χ3v) is 5.69. The maximum absolute atomic E-state index is 12.9. The second kappa shape index (κ2) is 5.59. The first-order chi connectivity index (χ1) is 11.5. The number of nitrogens with one attached hydrogen (secondary N) is 2. The normalized spacial score (nSPS) is 17.0. The van der Waals surface area contributed by atoms with Crippen LogP contribution in [0.2, 0.25) is 0 Å². The molecule has 1 aromatic carbocycles. The second-order valence-corrected chi connectivity index (χ2v) is 7.44. The molecule has 1 atom stereocenters. The van der Waals surface area contributed by atoms with Crippen LogP contribution in [-0.4, -0.2) is 32.8 Å². The summed E-state index contributed by atoms with van der Waals surface area (Å²) in [6, 6.07) is 5.33. The zero-order valence-electron chi connectivity index (χ0n) is 13.5. The van der Waals surface area contributed by atoms with Crippen molar-refractivity contribution in [3.05, 3.63) is 49.8 Å². The number of carbonyl (C=O) groups is 1. The Balaban J connectivity index is 1.67. The van der Waals surface area contributed by atoms with E-state index in [2.05, 4.69) is 15.0 Å². The number of H-pyrrole nitrogens is 2. The molecule has 0 saturated heterocycles. The zero-order chi connectivity index (χ0) is 16.8. The summed E-state index contributed by atoms with van der Waals surface area (Å²) < 4.78 is 0. The topological polar surface area (TPSA) is 81.8 Å². The van der Waals surface area contributed by atoms with Gasteiger partial charge in [-0.3, -0.25) is 4.79 Å². The predicted molar refractivity (Wildman–Crippen MR) is 93.5 cm³/mol. The number of nitrogens with zero attached hydrogens (tertiary/aromatic N) is 2. The van der Waals surface area contributed by atoms with Gasteiger partial charge in [-0.25, -0.2) is 9.78 Å². The maximum Gasteiger partial charge on any atom is 0.323 e. The number of aromatic amines is 2. The van der Waals surface area contributed by atoms with E-state index in [9.17, 15) is 9.59 Å². The molecule has 0 saturated carbocycles. The van der Waals surface area contributed by atoms with Crippen molar-refractivity contribution >= 4 is 28.3 Å². The molecule has 4 rings (SSSR count). The Labute approximate surface area is 142 Å². The maximum atomic E-state index is 12.9. The van der Waals surface area contributed by atoms with E-state index in [-0.39, 0.29) is 17.6 Å². The van der Waals surface area contributed by atoms with E-state index in [1.165, 1.54) is 4.88 Å². The average Bonchev–Trinajstić information content (AvgIpc) is 3.12. The molecule has 2 aromatic heterocycles. The zero-order valence-corrected chi connectivity index (χ0v) is 14.4. The SMILES string of the molecule is Cc1nc2c(s1)C(N(C)C(=O)c1ccc3[nH]c(=O)[nH]c3c1)CCC2. The van der Waals surface area contributed by atoms with Gasteiger partial charge in [0.25, 0.3) is 5.91 Å². The molecule has 6 nitrogen and oxygen atoms in total. The third kappa shape index (κ3) is 2.45. The highest BCUT2D eigenvalue weighted by molar-refractivity contribution is 7.11. The van der Waals surface area contributed by atoms with Gasteiger partial charge in [-0.05, 0) is 44.4 Å². The fourth-order valence-corrected chi connectivity index (χ4v) is 4.55. The molecule has 3 aromatic rings. The number of hydrogen-bond acceptors (Lipinski definition) is 4. The van der Waals surface area contributed by atoms with Crippen LogP contribution in [0.3, 0.4) is 0 Å². The van der Waals surface area contributed by atoms with Crippen molar-refractivity contribution in [2.75, 3.05) is 7.05 Å². The van der Waals surface area contributed by atoms with E-state index in [0.29, 0.717) is 16.6 Å². The molecule has 0 radical (unpaired) electrons. The Bertz CT molecular complexity index is 984. The lowest BCUT2D eigenvalue weighted by Crippen LogP contribution is -2.32. The molecule has 1 aliphatic carbocycles. The van der Waals surface area contributed by atoms with Crippen LogP contribution in [0.1, 0.15) is 44.8 Å². The van der Waals surface area contributed by atoms with Crippen molar-refractivity contribution in [3.8, 4) is 0 Å². The minimum Gasteiger partial charge on any atom is -0.334 e. The van der Waals surface area contributed by atoms with Crippen LogP contribution in [0.4, 0.5) is 0 Å². The van der Waals surface area contributed by atoms with Crippen LogP contribution in [0, 0.1) is 6.92 Å². The fourth-order valence-electron chi connectivity index (χ4n) is 3.40. The predicted octanol–water partition coefficient (Wildman–Crippen LogP) is 2.77. The number of carbonyl (C=O) groups excluding carboxylic acids is 1. The standard InChI is InChI=1S/C17H18N4O2S/c1-9-18-12-4-3-5-14(15(12)24-9)21(2)16(22)10-6-7-11-13(8-10)20-17(23)19-11/h6-8,14H,3-5H2,1-2H3,(H2,19,20,23). The van der Waals surface area contributed by atoms with E-state index in [4.69, 9.17) is 0 Å². The number of rotatable bonds is 2. The van der Waals surface area contributed by atoms with Gasteiger partial charge in [0.1, 0.15) is 0 Å². The number of hydrogen-bond donors (Lipinski definition) is 2. The molecule has 2 heterocycles. The number of fused-ring (bicyclic) bond motifs is 2. The number of benzene rings is 1. The second-order valence-electron chi connectivity index (χ2n) is 6.21. The fraction of sp³-hybridized carbons (Fsp3) is 0.353. The van der Waals surface area contributed by atoms with Crippen molar-refractivity contribution in [2.45, 2.75) is 32.2 Å².